The Morgan fingerprint density at radius 3 is 2.36 bits per heavy atom. The fourth-order valence-electron chi connectivity index (χ4n) is 2.27. The zero-order chi connectivity index (χ0) is 19.6. The molecule has 0 saturated heterocycles. The molecule has 0 aromatic heterocycles. The highest BCUT2D eigenvalue weighted by molar-refractivity contribution is 7.99. The number of nitrogens with one attached hydrogen (secondary N) is 1. The Kier molecular flexibility index (Phi) is 7.53. The minimum atomic E-state index is -0.123. The van der Waals surface area contributed by atoms with Crippen molar-refractivity contribution in [3.8, 4) is 11.5 Å². The van der Waals surface area contributed by atoms with Crippen LogP contribution in [0.15, 0.2) is 88.9 Å². The van der Waals surface area contributed by atoms with Gasteiger partial charge in [0.1, 0.15) is 11.5 Å². The van der Waals surface area contributed by atoms with Gasteiger partial charge < -0.3 is 4.74 Å². The molecule has 1 N–H and O–H groups in total. The fourth-order valence-corrected chi connectivity index (χ4v) is 3.25. The molecule has 0 aliphatic rings. The predicted molar refractivity (Wildman–Crippen MR) is 115 cm³/mol. The van der Waals surface area contributed by atoms with Gasteiger partial charge in [-0.2, -0.15) is 5.10 Å². The molecule has 3 aromatic carbocycles. The van der Waals surface area contributed by atoms with Crippen molar-refractivity contribution in [3.63, 3.8) is 0 Å². The second-order valence-corrected chi connectivity index (χ2v) is 7.43. The van der Waals surface area contributed by atoms with Crippen molar-refractivity contribution in [2.75, 3.05) is 5.75 Å². The second-order valence-electron chi connectivity index (χ2n) is 5.83. The first-order chi connectivity index (χ1) is 13.7. The highest BCUT2D eigenvalue weighted by Gasteiger charge is 2.01. The number of ether oxygens (including phenoxy) is 1. The number of amides is 1. The van der Waals surface area contributed by atoms with Gasteiger partial charge in [-0.05, 0) is 66.2 Å². The quantitative estimate of drug-likeness (QED) is 0.291. The summed E-state index contributed by atoms with van der Waals surface area (Å²) in [5, 5.41) is 4.71. The minimum Gasteiger partial charge on any atom is -0.457 e. The first-order valence-corrected chi connectivity index (χ1v) is 10.1. The number of benzene rings is 3. The summed E-state index contributed by atoms with van der Waals surface area (Å²) in [4.78, 5) is 12.9. The van der Waals surface area contributed by atoms with Crippen molar-refractivity contribution in [1.82, 2.24) is 5.43 Å². The van der Waals surface area contributed by atoms with Crippen LogP contribution >= 0.6 is 23.4 Å². The molecule has 0 aliphatic heterocycles. The molecule has 28 heavy (non-hydrogen) atoms. The van der Waals surface area contributed by atoms with Crippen molar-refractivity contribution in [2.45, 2.75) is 11.3 Å². The summed E-state index contributed by atoms with van der Waals surface area (Å²) in [5.41, 5.74) is 3.42. The standard InChI is InChI=1S/C22H19ClN2O2S/c23-18-8-12-21(13-9-18)28-15-14-22(26)25-24-16-17-6-10-20(11-7-17)27-19-4-2-1-3-5-19/h1-13,16H,14-15H2,(H,25,26)/b24-16+. The average Bonchev–Trinajstić information content (AvgIpc) is 2.72. The number of para-hydroxylation sites is 1. The molecule has 142 valence electrons. The Labute approximate surface area is 173 Å². The minimum absolute atomic E-state index is 0.123. The van der Waals surface area contributed by atoms with E-state index in [-0.39, 0.29) is 5.91 Å². The summed E-state index contributed by atoms with van der Waals surface area (Å²) < 4.78 is 5.74. The Morgan fingerprint density at radius 2 is 1.64 bits per heavy atom. The van der Waals surface area contributed by atoms with Gasteiger partial charge in [-0.3, -0.25) is 4.79 Å². The van der Waals surface area contributed by atoms with Gasteiger partial charge in [-0.15, -0.1) is 11.8 Å². The first-order valence-electron chi connectivity index (χ1n) is 8.72. The van der Waals surface area contributed by atoms with E-state index in [4.69, 9.17) is 16.3 Å². The zero-order valence-corrected chi connectivity index (χ0v) is 16.6. The largest absolute Gasteiger partial charge is 0.457 e. The van der Waals surface area contributed by atoms with Crippen LogP contribution < -0.4 is 10.2 Å². The van der Waals surface area contributed by atoms with Crippen molar-refractivity contribution in [3.05, 3.63) is 89.4 Å². The van der Waals surface area contributed by atoms with E-state index in [1.54, 1.807) is 18.0 Å². The Morgan fingerprint density at radius 1 is 0.964 bits per heavy atom. The van der Waals surface area contributed by atoms with Crippen LogP contribution in [0.2, 0.25) is 5.02 Å². The van der Waals surface area contributed by atoms with Crippen LogP contribution in [0.5, 0.6) is 11.5 Å². The number of thioether (sulfide) groups is 1. The number of hydrogen-bond donors (Lipinski definition) is 1. The van der Waals surface area contributed by atoms with E-state index in [2.05, 4.69) is 10.5 Å². The zero-order valence-electron chi connectivity index (χ0n) is 15.0. The van der Waals surface area contributed by atoms with E-state index >= 15 is 0 Å². The van der Waals surface area contributed by atoms with Gasteiger partial charge in [-0.25, -0.2) is 5.43 Å². The first kappa shape index (κ1) is 20.0. The Bertz CT molecular complexity index is 914. The molecule has 6 heteroatoms. The van der Waals surface area contributed by atoms with Crippen LogP contribution in [0.25, 0.3) is 0 Å². The van der Waals surface area contributed by atoms with E-state index in [1.165, 1.54) is 0 Å². The molecule has 0 unspecified atom stereocenters. The highest BCUT2D eigenvalue weighted by atomic mass is 35.5. The molecule has 0 atom stereocenters. The summed E-state index contributed by atoms with van der Waals surface area (Å²) >= 11 is 7.46. The van der Waals surface area contributed by atoms with Gasteiger partial charge >= 0.3 is 0 Å². The molecule has 0 heterocycles. The normalized spacial score (nSPS) is 10.8. The molecular weight excluding hydrogens is 392 g/mol. The maximum absolute atomic E-state index is 11.9. The fraction of sp³-hybridized carbons (Fsp3) is 0.0909. The molecule has 0 spiro atoms. The second kappa shape index (κ2) is 10.5. The monoisotopic (exact) mass is 410 g/mol. The number of nitrogens with zero attached hydrogens (tertiary/aromatic N) is 1. The number of rotatable bonds is 8. The number of hydrogen-bond acceptors (Lipinski definition) is 4. The van der Waals surface area contributed by atoms with Crippen molar-refractivity contribution in [1.29, 1.82) is 0 Å². The molecule has 0 fully saturated rings. The number of halogens is 1. The summed E-state index contributed by atoms with van der Waals surface area (Å²) in [6, 6.07) is 24.6. The van der Waals surface area contributed by atoms with Crippen LogP contribution in [-0.2, 0) is 4.79 Å². The molecule has 4 nitrogen and oxygen atoms in total. The van der Waals surface area contributed by atoms with Gasteiger partial charge in [0.15, 0.2) is 0 Å². The van der Waals surface area contributed by atoms with Gasteiger partial charge in [0, 0.05) is 22.1 Å². The third-order valence-corrected chi connectivity index (χ3v) is 4.94. The lowest BCUT2D eigenvalue weighted by Crippen LogP contribution is -2.17. The van der Waals surface area contributed by atoms with Crippen LogP contribution in [0.3, 0.4) is 0 Å². The van der Waals surface area contributed by atoms with E-state index < -0.39 is 0 Å². The van der Waals surface area contributed by atoms with Gasteiger partial charge in [0.2, 0.25) is 5.91 Å². The lowest BCUT2D eigenvalue weighted by molar-refractivity contribution is -0.120. The van der Waals surface area contributed by atoms with Gasteiger partial charge in [0.05, 0.1) is 6.21 Å². The van der Waals surface area contributed by atoms with E-state index in [9.17, 15) is 4.79 Å². The molecule has 3 rings (SSSR count). The smallest absolute Gasteiger partial charge is 0.240 e. The topological polar surface area (TPSA) is 50.7 Å². The highest BCUT2D eigenvalue weighted by Crippen LogP contribution is 2.21. The SMILES string of the molecule is O=C(CCSc1ccc(Cl)cc1)N/N=C/c1ccc(Oc2ccccc2)cc1. The van der Waals surface area contributed by atoms with Crippen LogP contribution in [0.1, 0.15) is 12.0 Å². The molecular formula is C22H19ClN2O2S. The summed E-state index contributed by atoms with van der Waals surface area (Å²) in [6.07, 6.45) is 1.99. The van der Waals surface area contributed by atoms with Crippen molar-refractivity contribution >= 4 is 35.5 Å². The molecule has 0 bridgehead atoms. The van der Waals surface area contributed by atoms with Crippen molar-refractivity contribution < 1.29 is 9.53 Å². The number of carbonyl (C=O) groups is 1. The number of hydrazone groups is 1. The third kappa shape index (κ3) is 6.76. The summed E-state index contributed by atoms with van der Waals surface area (Å²) in [7, 11) is 0. The molecule has 0 radical (unpaired) electrons. The van der Waals surface area contributed by atoms with Crippen molar-refractivity contribution in [2.24, 2.45) is 5.10 Å². The maximum Gasteiger partial charge on any atom is 0.240 e. The van der Waals surface area contributed by atoms with Crippen LogP contribution in [-0.4, -0.2) is 17.9 Å². The average molecular weight is 411 g/mol. The summed E-state index contributed by atoms with van der Waals surface area (Å²) in [6.45, 7) is 0. The Hall–Kier alpha value is -2.76. The van der Waals surface area contributed by atoms with E-state index in [0.717, 1.165) is 22.0 Å². The molecule has 3 aromatic rings. The molecule has 0 aliphatic carbocycles. The van der Waals surface area contributed by atoms with Crippen LogP contribution in [0, 0.1) is 0 Å². The lowest BCUT2D eigenvalue weighted by atomic mass is 10.2. The van der Waals surface area contributed by atoms with Gasteiger partial charge in [0.25, 0.3) is 0 Å². The third-order valence-electron chi connectivity index (χ3n) is 3.67. The summed E-state index contributed by atoms with van der Waals surface area (Å²) in [5.74, 6) is 2.08. The predicted octanol–water partition coefficient (Wildman–Crippen LogP) is 5.76. The van der Waals surface area contributed by atoms with Gasteiger partial charge in [-0.1, -0.05) is 29.8 Å². The number of carbonyl (C=O) groups excluding carboxylic acids is 1. The maximum atomic E-state index is 11.9. The van der Waals surface area contributed by atoms with Crippen LogP contribution in [0.4, 0.5) is 0 Å². The Balaban J connectivity index is 1.40. The lowest BCUT2D eigenvalue weighted by Gasteiger charge is -2.05. The molecule has 1 amide bonds. The van der Waals surface area contributed by atoms with E-state index in [1.807, 2.05) is 78.9 Å². The van der Waals surface area contributed by atoms with E-state index in [0.29, 0.717) is 17.2 Å². The molecule has 0 saturated carbocycles.